The summed E-state index contributed by atoms with van der Waals surface area (Å²) in [6.07, 6.45) is 13.3. The molecular weight excluding hydrogens is 300 g/mol. The van der Waals surface area contributed by atoms with Gasteiger partial charge in [-0.3, -0.25) is 0 Å². The number of aromatic nitrogens is 2. The third kappa shape index (κ3) is 5.45. The molecule has 5 heteroatoms. The number of unbranched alkanes of at least 4 members (excludes halogenated alkanes) is 2. The smallest absolute Gasteiger partial charge is 0.129 e. The number of ether oxygens (including phenoxy) is 2. The molecule has 2 rings (SSSR count). The van der Waals surface area contributed by atoms with Crippen molar-refractivity contribution in [3.05, 3.63) is 48.6 Å². The molecule has 0 aliphatic heterocycles. The molecule has 0 saturated carbocycles. The van der Waals surface area contributed by atoms with Crippen LogP contribution in [-0.2, 0) is 6.54 Å². The molecule has 0 spiro atoms. The third-order valence-corrected chi connectivity index (χ3v) is 3.33. The standard InChI is InChI=1S/C17H22N2O2.ClH/c1-20-16-9-8-15(17(13-16)21-2)7-5-3-4-6-11-19-12-10-18-14-19;/h5,7-10,12-14H,3-4,6,11H2,1-2H3;1H. The van der Waals surface area contributed by atoms with E-state index in [1.165, 1.54) is 0 Å². The van der Waals surface area contributed by atoms with Gasteiger partial charge in [0.2, 0.25) is 0 Å². The van der Waals surface area contributed by atoms with Gasteiger partial charge in [0.05, 0.1) is 20.5 Å². The first-order valence-corrected chi connectivity index (χ1v) is 7.18. The number of nitrogens with zero attached hydrogens (tertiary/aromatic N) is 2. The van der Waals surface area contributed by atoms with Crippen molar-refractivity contribution in [2.45, 2.75) is 25.8 Å². The minimum atomic E-state index is 0. The van der Waals surface area contributed by atoms with Crippen LogP contribution in [0.3, 0.4) is 0 Å². The van der Waals surface area contributed by atoms with E-state index in [1.807, 2.05) is 36.9 Å². The van der Waals surface area contributed by atoms with Crippen LogP contribution in [0.1, 0.15) is 24.8 Å². The van der Waals surface area contributed by atoms with Gasteiger partial charge in [-0.05, 0) is 31.4 Å². The van der Waals surface area contributed by atoms with Crippen LogP contribution in [0.2, 0.25) is 0 Å². The zero-order chi connectivity index (χ0) is 14.9. The van der Waals surface area contributed by atoms with E-state index in [0.717, 1.165) is 42.9 Å². The average Bonchev–Trinajstić information content (AvgIpc) is 3.04. The van der Waals surface area contributed by atoms with E-state index in [4.69, 9.17) is 9.47 Å². The first kappa shape index (κ1) is 18.1. The van der Waals surface area contributed by atoms with Crippen molar-refractivity contribution in [3.63, 3.8) is 0 Å². The summed E-state index contributed by atoms with van der Waals surface area (Å²) in [5, 5.41) is 0. The highest BCUT2D eigenvalue weighted by molar-refractivity contribution is 5.85. The Morgan fingerprint density at radius 1 is 1.18 bits per heavy atom. The Morgan fingerprint density at radius 3 is 2.73 bits per heavy atom. The molecule has 0 amide bonds. The molecular formula is C17H23ClN2O2. The van der Waals surface area contributed by atoms with Gasteiger partial charge in [0.25, 0.3) is 0 Å². The number of hydrogen-bond donors (Lipinski definition) is 0. The largest absolute Gasteiger partial charge is 0.497 e. The highest BCUT2D eigenvalue weighted by Crippen LogP contribution is 2.25. The van der Waals surface area contributed by atoms with E-state index in [9.17, 15) is 0 Å². The number of benzene rings is 1. The quantitative estimate of drug-likeness (QED) is 0.683. The molecule has 0 unspecified atom stereocenters. The van der Waals surface area contributed by atoms with Gasteiger partial charge in [-0.2, -0.15) is 0 Å². The number of methoxy groups -OCH3 is 2. The number of allylic oxidation sites excluding steroid dienone is 1. The fourth-order valence-corrected chi connectivity index (χ4v) is 2.14. The summed E-state index contributed by atoms with van der Waals surface area (Å²) in [7, 11) is 3.34. The van der Waals surface area contributed by atoms with Crippen LogP contribution >= 0.6 is 12.4 Å². The van der Waals surface area contributed by atoms with Crippen molar-refractivity contribution >= 4 is 18.5 Å². The van der Waals surface area contributed by atoms with Crippen molar-refractivity contribution < 1.29 is 9.47 Å². The summed E-state index contributed by atoms with van der Waals surface area (Å²) in [5.41, 5.74) is 1.08. The van der Waals surface area contributed by atoms with Crippen LogP contribution in [0.25, 0.3) is 6.08 Å². The molecule has 0 atom stereocenters. The van der Waals surface area contributed by atoms with Crippen molar-refractivity contribution in [1.29, 1.82) is 0 Å². The SMILES string of the molecule is COc1ccc(C=CCCCCn2ccnc2)c(OC)c1.Cl. The molecule has 1 aromatic carbocycles. The maximum atomic E-state index is 5.37. The number of halogens is 1. The van der Waals surface area contributed by atoms with Gasteiger partial charge < -0.3 is 14.0 Å². The van der Waals surface area contributed by atoms with Gasteiger partial charge in [-0.15, -0.1) is 12.4 Å². The Bertz CT molecular complexity index is 568. The summed E-state index contributed by atoms with van der Waals surface area (Å²) in [6.45, 7) is 1.03. The molecule has 1 heterocycles. The van der Waals surface area contributed by atoms with Gasteiger partial charge in [-0.1, -0.05) is 12.2 Å². The van der Waals surface area contributed by atoms with E-state index in [0.29, 0.717) is 0 Å². The van der Waals surface area contributed by atoms with Gasteiger partial charge >= 0.3 is 0 Å². The van der Waals surface area contributed by atoms with E-state index in [-0.39, 0.29) is 12.4 Å². The van der Waals surface area contributed by atoms with Gasteiger partial charge in [0.15, 0.2) is 0 Å². The highest BCUT2D eigenvalue weighted by atomic mass is 35.5. The molecule has 22 heavy (non-hydrogen) atoms. The maximum absolute atomic E-state index is 5.37. The monoisotopic (exact) mass is 322 g/mol. The third-order valence-electron chi connectivity index (χ3n) is 3.33. The summed E-state index contributed by atoms with van der Waals surface area (Å²) < 4.78 is 12.7. The fraction of sp³-hybridized carbons (Fsp3) is 0.353. The number of rotatable bonds is 8. The van der Waals surface area contributed by atoms with Crippen LogP contribution < -0.4 is 9.47 Å². The molecule has 0 aliphatic rings. The van der Waals surface area contributed by atoms with E-state index >= 15 is 0 Å². The molecule has 4 nitrogen and oxygen atoms in total. The van der Waals surface area contributed by atoms with Crippen molar-refractivity contribution in [2.75, 3.05) is 14.2 Å². The second-order valence-electron chi connectivity index (χ2n) is 4.81. The van der Waals surface area contributed by atoms with Crippen molar-refractivity contribution in [2.24, 2.45) is 0 Å². The maximum Gasteiger partial charge on any atom is 0.129 e. The molecule has 0 aliphatic carbocycles. The lowest BCUT2D eigenvalue weighted by atomic mass is 10.1. The Kier molecular flexibility index (Phi) is 8.15. The predicted molar refractivity (Wildman–Crippen MR) is 91.9 cm³/mol. The van der Waals surface area contributed by atoms with E-state index in [1.54, 1.807) is 14.2 Å². The minimum Gasteiger partial charge on any atom is -0.497 e. The predicted octanol–water partition coefficient (Wildman–Crippen LogP) is 4.21. The summed E-state index contributed by atoms with van der Waals surface area (Å²) in [4.78, 5) is 4.03. The summed E-state index contributed by atoms with van der Waals surface area (Å²) >= 11 is 0. The van der Waals surface area contributed by atoms with Crippen molar-refractivity contribution in [1.82, 2.24) is 9.55 Å². The summed E-state index contributed by atoms with van der Waals surface area (Å²) in [6, 6.07) is 5.86. The number of aryl methyl sites for hydroxylation is 1. The van der Waals surface area contributed by atoms with Crippen molar-refractivity contribution in [3.8, 4) is 11.5 Å². The van der Waals surface area contributed by atoms with Crippen LogP contribution in [0.4, 0.5) is 0 Å². The molecule has 1 aromatic heterocycles. The lowest BCUT2D eigenvalue weighted by molar-refractivity contribution is 0.393. The normalized spacial score (nSPS) is 10.5. The molecule has 0 saturated heterocycles. The second kappa shape index (κ2) is 9.90. The zero-order valence-corrected chi connectivity index (χ0v) is 13.9. The minimum absolute atomic E-state index is 0. The topological polar surface area (TPSA) is 36.3 Å². The first-order valence-electron chi connectivity index (χ1n) is 7.18. The van der Waals surface area contributed by atoms with Gasteiger partial charge in [0.1, 0.15) is 11.5 Å². The van der Waals surface area contributed by atoms with Crippen LogP contribution in [-0.4, -0.2) is 23.8 Å². The Balaban J connectivity index is 0.00000242. The molecule has 2 aromatic rings. The van der Waals surface area contributed by atoms with Gasteiger partial charge in [0, 0.05) is 30.6 Å². The van der Waals surface area contributed by atoms with Crippen LogP contribution in [0.5, 0.6) is 11.5 Å². The lowest BCUT2D eigenvalue weighted by Crippen LogP contribution is -1.93. The second-order valence-corrected chi connectivity index (χ2v) is 4.81. The van der Waals surface area contributed by atoms with Crippen LogP contribution in [0, 0.1) is 0 Å². The van der Waals surface area contributed by atoms with Gasteiger partial charge in [-0.25, -0.2) is 4.98 Å². The zero-order valence-electron chi connectivity index (χ0n) is 13.1. The van der Waals surface area contributed by atoms with Crippen LogP contribution in [0.15, 0.2) is 43.0 Å². The Hall–Kier alpha value is -1.94. The lowest BCUT2D eigenvalue weighted by Gasteiger charge is -2.07. The van der Waals surface area contributed by atoms with E-state index < -0.39 is 0 Å². The number of imidazole rings is 1. The van der Waals surface area contributed by atoms with E-state index in [2.05, 4.69) is 21.7 Å². The Morgan fingerprint density at radius 2 is 2.05 bits per heavy atom. The highest BCUT2D eigenvalue weighted by Gasteiger charge is 2.01. The molecule has 0 fully saturated rings. The first-order chi connectivity index (χ1) is 10.3. The average molecular weight is 323 g/mol. The molecule has 0 N–H and O–H groups in total. The Labute approximate surface area is 138 Å². The molecule has 120 valence electrons. The number of hydrogen-bond acceptors (Lipinski definition) is 3. The summed E-state index contributed by atoms with van der Waals surface area (Å²) in [5.74, 6) is 1.65. The molecule has 0 bridgehead atoms. The molecule has 0 radical (unpaired) electrons. The fourth-order valence-electron chi connectivity index (χ4n) is 2.14.